The molecule has 1 aromatic carbocycles. The number of rotatable bonds is 3. The van der Waals surface area contributed by atoms with Crippen molar-refractivity contribution in [2.24, 2.45) is 5.92 Å². The van der Waals surface area contributed by atoms with E-state index in [9.17, 15) is 5.21 Å². The fourth-order valence-corrected chi connectivity index (χ4v) is 4.02. The van der Waals surface area contributed by atoms with Gasteiger partial charge in [-0.05, 0) is 69.9 Å². The van der Waals surface area contributed by atoms with Crippen LogP contribution in [0.5, 0.6) is 0 Å². The summed E-state index contributed by atoms with van der Waals surface area (Å²) in [7, 11) is 0. The zero-order valence-electron chi connectivity index (χ0n) is 14.4. The third kappa shape index (κ3) is 3.32. The molecule has 1 radical (unpaired) electrons. The highest BCUT2D eigenvalue weighted by atomic mass is 16.5. The Morgan fingerprint density at radius 2 is 1.57 bits per heavy atom. The van der Waals surface area contributed by atoms with Crippen molar-refractivity contribution in [2.75, 3.05) is 0 Å². The van der Waals surface area contributed by atoms with Gasteiger partial charge in [0.25, 0.3) is 0 Å². The van der Waals surface area contributed by atoms with Gasteiger partial charge in [0, 0.05) is 11.1 Å². The van der Waals surface area contributed by atoms with Crippen LogP contribution in [0.15, 0.2) is 24.3 Å². The van der Waals surface area contributed by atoms with E-state index in [1.165, 1.54) is 16.2 Å². The second-order valence-electron chi connectivity index (χ2n) is 7.97. The van der Waals surface area contributed by atoms with E-state index in [1.807, 2.05) is 0 Å². The molecule has 0 spiro atoms. The monoisotopic (exact) mass is 288 g/mol. The maximum atomic E-state index is 12.5. The minimum absolute atomic E-state index is 0.274. The van der Waals surface area contributed by atoms with Crippen molar-refractivity contribution in [1.29, 1.82) is 0 Å². The van der Waals surface area contributed by atoms with Gasteiger partial charge in [-0.2, -0.15) is 0 Å². The topological polar surface area (TPSA) is 23.1 Å². The van der Waals surface area contributed by atoms with Crippen LogP contribution in [-0.4, -0.2) is 16.1 Å². The molecule has 0 N–H and O–H groups in total. The van der Waals surface area contributed by atoms with Crippen LogP contribution < -0.4 is 0 Å². The number of hydrogen-bond donors (Lipinski definition) is 0. The molecule has 1 heterocycles. The second kappa shape index (κ2) is 5.73. The highest BCUT2D eigenvalue weighted by Crippen LogP contribution is 2.45. The van der Waals surface area contributed by atoms with Crippen LogP contribution in [0.2, 0.25) is 0 Å². The van der Waals surface area contributed by atoms with Crippen LogP contribution in [0, 0.1) is 5.92 Å². The predicted octanol–water partition coefficient (Wildman–Crippen LogP) is 4.97. The molecule has 0 aromatic heterocycles. The molecule has 21 heavy (non-hydrogen) atoms. The molecule has 1 aliphatic rings. The van der Waals surface area contributed by atoms with E-state index in [-0.39, 0.29) is 11.1 Å². The number of piperidine rings is 1. The normalized spacial score (nSPS) is 24.0. The quantitative estimate of drug-likeness (QED) is 0.770. The van der Waals surface area contributed by atoms with E-state index in [0.717, 1.165) is 19.3 Å². The second-order valence-corrected chi connectivity index (χ2v) is 7.97. The molecule has 2 nitrogen and oxygen atoms in total. The first-order chi connectivity index (χ1) is 9.67. The average Bonchev–Trinajstić information content (AvgIpc) is 2.43. The highest BCUT2D eigenvalue weighted by molar-refractivity contribution is 5.26. The Kier molecular flexibility index (Phi) is 4.51. The molecule has 0 bridgehead atoms. The first kappa shape index (κ1) is 16.5. The molecule has 0 aliphatic carbocycles. The molecule has 1 atom stereocenters. The molecule has 0 saturated carbocycles. The van der Waals surface area contributed by atoms with Crippen LogP contribution >= 0.6 is 0 Å². The smallest absolute Gasteiger partial charge is 0.0446 e. The maximum Gasteiger partial charge on any atom is 0.0446 e. The van der Waals surface area contributed by atoms with E-state index in [4.69, 9.17) is 0 Å². The van der Waals surface area contributed by atoms with Gasteiger partial charge >= 0.3 is 0 Å². The maximum absolute atomic E-state index is 12.5. The zero-order chi connectivity index (χ0) is 15.8. The van der Waals surface area contributed by atoms with Crippen molar-refractivity contribution in [3.8, 4) is 0 Å². The van der Waals surface area contributed by atoms with Crippen LogP contribution in [0.25, 0.3) is 0 Å². The van der Waals surface area contributed by atoms with E-state index in [1.54, 1.807) is 0 Å². The summed E-state index contributed by atoms with van der Waals surface area (Å²) in [6.45, 7) is 12.8. The van der Waals surface area contributed by atoms with Crippen molar-refractivity contribution in [1.82, 2.24) is 5.06 Å². The van der Waals surface area contributed by atoms with Gasteiger partial charge in [0.1, 0.15) is 0 Å². The van der Waals surface area contributed by atoms with Gasteiger partial charge in [0.15, 0.2) is 0 Å². The first-order valence-electron chi connectivity index (χ1n) is 8.23. The Morgan fingerprint density at radius 1 is 1.10 bits per heavy atom. The van der Waals surface area contributed by atoms with E-state index in [0.29, 0.717) is 11.8 Å². The Balaban J connectivity index is 2.20. The van der Waals surface area contributed by atoms with Gasteiger partial charge in [0.2, 0.25) is 0 Å². The van der Waals surface area contributed by atoms with Crippen LogP contribution in [0.4, 0.5) is 0 Å². The highest BCUT2D eigenvalue weighted by Gasteiger charge is 2.47. The van der Waals surface area contributed by atoms with Gasteiger partial charge in [-0.3, -0.25) is 0 Å². The van der Waals surface area contributed by atoms with Crippen molar-refractivity contribution < 1.29 is 5.21 Å². The first-order valence-corrected chi connectivity index (χ1v) is 8.23. The SMILES string of the molecule is CCc1ccc(C(C)C2CC(C)(C)N([O])C(C)(C)C2)cc1. The summed E-state index contributed by atoms with van der Waals surface area (Å²) in [4.78, 5) is 0. The fourth-order valence-electron chi connectivity index (χ4n) is 4.02. The van der Waals surface area contributed by atoms with Crippen molar-refractivity contribution in [3.63, 3.8) is 0 Å². The summed E-state index contributed by atoms with van der Waals surface area (Å²) in [6, 6.07) is 9.02. The lowest BCUT2D eigenvalue weighted by molar-refractivity contribution is -0.295. The van der Waals surface area contributed by atoms with E-state index >= 15 is 0 Å². The van der Waals surface area contributed by atoms with Gasteiger partial charge in [-0.15, -0.1) is 10.3 Å². The zero-order valence-corrected chi connectivity index (χ0v) is 14.4. The third-order valence-corrected chi connectivity index (χ3v) is 5.24. The number of benzene rings is 1. The number of hydroxylamine groups is 2. The summed E-state index contributed by atoms with van der Waals surface area (Å²) in [5.74, 6) is 1.07. The van der Waals surface area contributed by atoms with Crippen LogP contribution in [-0.2, 0) is 11.6 Å². The van der Waals surface area contributed by atoms with Gasteiger partial charge in [-0.1, -0.05) is 38.1 Å². The third-order valence-electron chi connectivity index (χ3n) is 5.24. The average molecular weight is 288 g/mol. The van der Waals surface area contributed by atoms with E-state index < -0.39 is 0 Å². The Labute approximate surface area is 130 Å². The molecule has 2 heteroatoms. The Bertz CT molecular complexity index is 457. The molecule has 1 aromatic rings. The standard InChI is InChI=1S/C19H30NO/c1-7-15-8-10-16(11-9-15)14(2)17-12-18(3,4)20(21)19(5,6)13-17/h8-11,14,17H,7,12-13H2,1-6H3. The largest absolute Gasteiger partial charge is 0.144 e. The van der Waals surface area contributed by atoms with E-state index in [2.05, 4.69) is 65.8 Å². The molecule has 1 unspecified atom stereocenters. The molecular weight excluding hydrogens is 258 g/mol. The molecule has 117 valence electrons. The number of aryl methyl sites for hydroxylation is 1. The van der Waals surface area contributed by atoms with Crippen molar-refractivity contribution in [2.45, 2.75) is 77.8 Å². The molecule has 2 rings (SSSR count). The van der Waals surface area contributed by atoms with Crippen LogP contribution in [0.3, 0.4) is 0 Å². The van der Waals surface area contributed by atoms with Gasteiger partial charge < -0.3 is 0 Å². The summed E-state index contributed by atoms with van der Waals surface area (Å²) in [6.07, 6.45) is 3.02. The van der Waals surface area contributed by atoms with Crippen LogP contribution in [0.1, 0.15) is 71.4 Å². The molecular formula is C19H30NO. The summed E-state index contributed by atoms with van der Waals surface area (Å²) < 4.78 is 0. The summed E-state index contributed by atoms with van der Waals surface area (Å²) >= 11 is 0. The Hall–Kier alpha value is -0.860. The van der Waals surface area contributed by atoms with Crippen molar-refractivity contribution >= 4 is 0 Å². The minimum atomic E-state index is -0.274. The molecule has 1 fully saturated rings. The van der Waals surface area contributed by atoms with Gasteiger partial charge in [-0.25, -0.2) is 0 Å². The lowest BCUT2D eigenvalue weighted by atomic mass is 9.69. The summed E-state index contributed by atoms with van der Waals surface area (Å²) in [5.41, 5.74) is 2.25. The molecule has 1 saturated heterocycles. The predicted molar refractivity (Wildman–Crippen MR) is 87.6 cm³/mol. The fraction of sp³-hybridized carbons (Fsp3) is 0.684. The Morgan fingerprint density at radius 3 is 2.00 bits per heavy atom. The van der Waals surface area contributed by atoms with Gasteiger partial charge in [0.05, 0.1) is 0 Å². The molecule has 0 amide bonds. The lowest BCUT2D eigenvalue weighted by Crippen LogP contribution is -2.58. The van der Waals surface area contributed by atoms with Crippen molar-refractivity contribution in [3.05, 3.63) is 35.4 Å². The number of nitrogens with zero attached hydrogens (tertiary/aromatic N) is 1. The lowest BCUT2D eigenvalue weighted by Gasteiger charge is -2.51. The number of hydrogen-bond acceptors (Lipinski definition) is 1. The summed E-state index contributed by atoms with van der Waals surface area (Å²) in [5, 5.41) is 13.8. The minimum Gasteiger partial charge on any atom is -0.144 e. The molecule has 1 aliphatic heterocycles.